The van der Waals surface area contributed by atoms with E-state index in [4.69, 9.17) is 5.21 Å². The number of nitrogens with one attached hydrogen (secondary N) is 1. The van der Waals surface area contributed by atoms with Gasteiger partial charge < -0.3 is 0 Å². The molecule has 0 aromatic rings. The first kappa shape index (κ1) is 21.0. The Morgan fingerprint density at radius 3 is 2.27 bits per heavy atom. The number of nitrogens with zero attached hydrogens (tertiary/aromatic N) is 1. The zero-order chi connectivity index (χ0) is 17.7. The number of allylic oxidation sites excluding steroid dienone is 3. The SMILES string of the molecule is C=C(C)C=CC(=C)S(=C)(=O)N(C)C(C(=O)NO)C(C)(C)SC. The summed E-state index contributed by atoms with van der Waals surface area (Å²) in [6.07, 6.45) is 5.10. The summed E-state index contributed by atoms with van der Waals surface area (Å²) in [4.78, 5) is 12.3. The lowest BCUT2D eigenvalue weighted by molar-refractivity contribution is -0.133. The van der Waals surface area contributed by atoms with Crippen molar-refractivity contribution in [2.75, 3.05) is 13.3 Å². The molecule has 0 rings (SSSR count). The molecule has 0 aliphatic heterocycles. The maximum atomic E-state index is 13.0. The van der Waals surface area contributed by atoms with Crippen LogP contribution in [0.2, 0.25) is 0 Å². The van der Waals surface area contributed by atoms with Crippen LogP contribution < -0.4 is 5.48 Å². The molecule has 0 fully saturated rings. The van der Waals surface area contributed by atoms with Gasteiger partial charge in [0.1, 0.15) is 6.04 Å². The van der Waals surface area contributed by atoms with E-state index in [0.717, 1.165) is 5.57 Å². The number of likely N-dealkylation sites (N-methyl/N-ethyl adjacent to an activating group) is 1. The van der Waals surface area contributed by atoms with Crippen molar-refractivity contribution in [1.29, 1.82) is 0 Å². The highest BCUT2D eigenvalue weighted by molar-refractivity contribution is 8.02. The van der Waals surface area contributed by atoms with Crippen molar-refractivity contribution in [3.8, 4) is 0 Å². The molecule has 5 nitrogen and oxygen atoms in total. The van der Waals surface area contributed by atoms with Crippen molar-refractivity contribution in [3.05, 3.63) is 35.8 Å². The Kier molecular flexibility index (Phi) is 7.64. The number of amides is 1. The van der Waals surface area contributed by atoms with E-state index >= 15 is 0 Å². The number of hydrogen-bond acceptors (Lipinski definition) is 4. The van der Waals surface area contributed by atoms with E-state index in [1.165, 1.54) is 23.1 Å². The minimum atomic E-state index is -2.96. The van der Waals surface area contributed by atoms with Gasteiger partial charge in [0, 0.05) is 16.7 Å². The molecule has 1 amide bonds. The summed E-state index contributed by atoms with van der Waals surface area (Å²) in [6.45, 7) is 13.0. The number of carbonyl (C=O) groups excluding carboxylic acids is 1. The van der Waals surface area contributed by atoms with Crippen LogP contribution in [-0.4, -0.2) is 49.6 Å². The molecular weight excluding hydrogens is 320 g/mol. The molecule has 0 aliphatic rings. The predicted molar refractivity (Wildman–Crippen MR) is 97.4 cm³/mol. The van der Waals surface area contributed by atoms with Crippen molar-refractivity contribution in [3.63, 3.8) is 0 Å². The maximum Gasteiger partial charge on any atom is 0.263 e. The van der Waals surface area contributed by atoms with Gasteiger partial charge in [-0.15, -0.1) is 0 Å². The fourth-order valence-electron chi connectivity index (χ4n) is 1.79. The van der Waals surface area contributed by atoms with Crippen LogP contribution in [0.15, 0.2) is 35.8 Å². The molecule has 0 heterocycles. The van der Waals surface area contributed by atoms with Gasteiger partial charge in [-0.3, -0.25) is 10.0 Å². The second kappa shape index (κ2) is 8.01. The number of hydroxylamine groups is 1. The molecule has 0 aromatic carbocycles. The first-order chi connectivity index (χ1) is 9.91. The van der Waals surface area contributed by atoms with Crippen LogP contribution in [-0.2, 0) is 14.5 Å². The van der Waals surface area contributed by atoms with Crippen LogP contribution in [0.5, 0.6) is 0 Å². The number of hydrogen-bond donors (Lipinski definition) is 2. The van der Waals surface area contributed by atoms with E-state index in [0.29, 0.717) is 0 Å². The van der Waals surface area contributed by atoms with Crippen LogP contribution in [0.1, 0.15) is 20.8 Å². The van der Waals surface area contributed by atoms with Gasteiger partial charge in [-0.1, -0.05) is 24.8 Å². The van der Waals surface area contributed by atoms with Crippen LogP contribution in [0.4, 0.5) is 0 Å². The minimum Gasteiger partial charge on any atom is -0.289 e. The Balaban J connectivity index is 5.74. The quantitative estimate of drug-likeness (QED) is 0.306. The van der Waals surface area contributed by atoms with E-state index < -0.39 is 26.4 Å². The molecule has 7 heteroatoms. The molecular formula is C15H26N2O3S2. The van der Waals surface area contributed by atoms with Crippen molar-refractivity contribution in [2.45, 2.75) is 31.6 Å². The zero-order valence-electron chi connectivity index (χ0n) is 13.9. The molecule has 0 saturated heterocycles. The van der Waals surface area contributed by atoms with Crippen LogP contribution in [0.3, 0.4) is 0 Å². The lowest BCUT2D eigenvalue weighted by Crippen LogP contribution is -2.56. The lowest BCUT2D eigenvalue weighted by Gasteiger charge is -2.38. The van der Waals surface area contributed by atoms with Crippen molar-refractivity contribution < 1.29 is 14.2 Å². The molecule has 2 N–H and O–H groups in total. The predicted octanol–water partition coefficient (Wildman–Crippen LogP) is 2.21. The second-order valence-electron chi connectivity index (χ2n) is 5.52. The molecule has 2 unspecified atom stereocenters. The molecule has 0 radical (unpaired) electrons. The monoisotopic (exact) mass is 346 g/mol. The normalized spacial score (nSPS) is 16.3. The lowest BCUT2D eigenvalue weighted by atomic mass is 10.0. The first-order valence-corrected chi connectivity index (χ1v) is 9.44. The molecule has 0 saturated carbocycles. The highest BCUT2D eigenvalue weighted by atomic mass is 32.2. The summed E-state index contributed by atoms with van der Waals surface area (Å²) in [5.41, 5.74) is 2.42. The fraction of sp³-hybridized carbons (Fsp3) is 0.467. The highest BCUT2D eigenvalue weighted by Gasteiger charge is 2.41. The third kappa shape index (κ3) is 5.01. The maximum absolute atomic E-state index is 13.0. The third-order valence-electron chi connectivity index (χ3n) is 3.34. The van der Waals surface area contributed by atoms with Gasteiger partial charge in [-0.2, -0.15) is 11.8 Å². The van der Waals surface area contributed by atoms with Gasteiger partial charge in [0.2, 0.25) is 0 Å². The Bertz CT molecular complexity index is 578. The Morgan fingerprint density at radius 1 is 1.41 bits per heavy atom. The van der Waals surface area contributed by atoms with Crippen LogP contribution >= 0.6 is 11.8 Å². The van der Waals surface area contributed by atoms with Gasteiger partial charge >= 0.3 is 0 Å². The number of rotatable bonds is 8. The molecule has 0 bridgehead atoms. The van der Waals surface area contributed by atoms with Crippen LogP contribution in [0.25, 0.3) is 0 Å². The van der Waals surface area contributed by atoms with Crippen molar-refractivity contribution in [2.24, 2.45) is 0 Å². The Morgan fingerprint density at radius 2 is 1.91 bits per heavy atom. The Labute approximate surface area is 138 Å². The fourth-order valence-corrected chi connectivity index (χ4v) is 3.69. The summed E-state index contributed by atoms with van der Waals surface area (Å²) in [5.74, 6) is 3.09. The second-order valence-corrected chi connectivity index (χ2v) is 9.36. The van der Waals surface area contributed by atoms with E-state index in [2.05, 4.69) is 19.0 Å². The molecule has 2 atom stereocenters. The average Bonchev–Trinajstić information content (AvgIpc) is 2.43. The average molecular weight is 347 g/mol. The van der Waals surface area contributed by atoms with Gasteiger partial charge in [0.25, 0.3) is 5.91 Å². The topological polar surface area (TPSA) is 69.6 Å². The summed E-state index contributed by atoms with van der Waals surface area (Å²) in [6, 6.07) is -0.854. The smallest absolute Gasteiger partial charge is 0.263 e. The molecule has 0 spiro atoms. The molecule has 0 aromatic heterocycles. The van der Waals surface area contributed by atoms with E-state index in [1.807, 2.05) is 20.1 Å². The molecule has 0 aliphatic carbocycles. The van der Waals surface area contributed by atoms with Crippen molar-refractivity contribution in [1.82, 2.24) is 9.79 Å². The first-order valence-electron chi connectivity index (χ1n) is 6.53. The summed E-state index contributed by atoms with van der Waals surface area (Å²) in [7, 11) is -1.42. The summed E-state index contributed by atoms with van der Waals surface area (Å²) < 4.78 is 13.8. The largest absolute Gasteiger partial charge is 0.289 e. The van der Waals surface area contributed by atoms with Crippen molar-refractivity contribution >= 4 is 33.2 Å². The number of thioether (sulfide) groups is 1. The molecule has 126 valence electrons. The van der Waals surface area contributed by atoms with Gasteiger partial charge in [-0.05, 0) is 39.0 Å². The molecule has 22 heavy (non-hydrogen) atoms. The van der Waals surface area contributed by atoms with E-state index in [9.17, 15) is 9.00 Å². The van der Waals surface area contributed by atoms with Gasteiger partial charge in [0.05, 0.1) is 9.71 Å². The summed E-state index contributed by atoms with van der Waals surface area (Å²) in [5, 5.41) is 9.00. The zero-order valence-corrected chi connectivity index (χ0v) is 15.5. The van der Waals surface area contributed by atoms with E-state index in [1.54, 1.807) is 24.6 Å². The standard InChI is InChI=1S/C15H26N2O3S2/c1-11(2)9-10-12(3)22(8,20)17(6)13(14(18)16-19)15(4,5)21-7/h9-10,13,19H,1,3,8H2,2,4-7H3,(H,16,18). The minimum absolute atomic E-state index is 0.283. The van der Waals surface area contributed by atoms with Gasteiger partial charge in [0.15, 0.2) is 0 Å². The van der Waals surface area contributed by atoms with Gasteiger partial charge in [-0.25, -0.2) is 14.0 Å². The summed E-state index contributed by atoms with van der Waals surface area (Å²) >= 11 is 1.42. The highest BCUT2D eigenvalue weighted by Crippen LogP contribution is 2.31. The van der Waals surface area contributed by atoms with E-state index in [-0.39, 0.29) is 4.91 Å². The number of carbonyl (C=O) groups is 1. The van der Waals surface area contributed by atoms with Crippen LogP contribution in [0, 0.1) is 0 Å². The third-order valence-corrected chi connectivity index (χ3v) is 6.71. The Hall–Kier alpha value is -1.02.